The first-order chi connectivity index (χ1) is 16.7. The van der Waals surface area contributed by atoms with Crippen LogP contribution in [0.3, 0.4) is 0 Å². The maximum Gasteiger partial charge on any atom is 0.119 e. The number of rotatable bonds is 4. The molecule has 1 heterocycles. The molecule has 0 saturated carbocycles. The van der Waals surface area contributed by atoms with Crippen LogP contribution in [-0.4, -0.2) is 16.9 Å². The van der Waals surface area contributed by atoms with Crippen molar-refractivity contribution in [1.82, 2.24) is 9.78 Å². The third-order valence-electron chi connectivity index (χ3n) is 5.45. The lowest BCUT2D eigenvalue weighted by Crippen LogP contribution is -1.99. The molecule has 5 aromatic rings. The van der Waals surface area contributed by atoms with Gasteiger partial charge in [-0.15, -0.1) is 0 Å². The number of nitrogens with zero attached hydrogens (tertiary/aromatic N) is 2. The zero-order valence-corrected chi connectivity index (χ0v) is 19.3. The van der Waals surface area contributed by atoms with Gasteiger partial charge in [0.05, 0.1) is 24.2 Å². The molecule has 0 aliphatic heterocycles. The molecule has 0 aliphatic carbocycles. The van der Waals surface area contributed by atoms with Gasteiger partial charge in [0, 0.05) is 27.3 Å². The highest BCUT2D eigenvalue weighted by atomic mass is 35.5. The van der Waals surface area contributed by atoms with Crippen LogP contribution in [0.2, 0.25) is 5.02 Å². The van der Waals surface area contributed by atoms with Crippen molar-refractivity contribution >= 4 is 11.6 Å². The Balaban J connectivity index is 1.50. The molecule has 0 amide bonds. The molecule has 0 atom stereocenters. The minimum atomic E-state index is 0.707. The summed E-state index contributed by atoms with van der Waals surface area (Å²) < 4.78 is 7.41. The minimum Gasteiger partial charge on any atom is -0.497 e. The Morgan fingerprint density at radius 2 is 1.38 bits per heavy atom. The van der Waals surface area contributed by atoms with E-state index in [2.05, 4.69) is 48.2 Å². The topological polar surface area (TPSA) is 27.1 Å². The highest BCUT2D eigenvalue weighted by Gasteiger charge is 2.13. The molecule has 0 saturated heterocycles. The molecule has 164 valence electrons. The monoisotopic (exact) mass is 460 g/mol. The highest BCUT2D eigenvalue weighted by Crippen LogP contribution is 2.30. The second-order valence-electron chi connectivity index (χ2n) is 7.73. The van der Waals surface area contributed by atoms with Crippen LogP contribution < -0.4 is 4.74 Å². The second-order valence-corrected chi connectivity index (χ2v) is 8.16. The van der Waals surface area contributed by atoms with Gasteiger partial charge >= 0.3 is 0 Å². The van der Waals surface area contributed by atoms with Crippen LogP contribution in [0.5, 0.6) is 5.75 Å². The molecular weight excluding hydrogens is 440 g/mol. The van der Waals surface area contributed by atoms with E-state index in [4.69, 9.17) is 21.4 Å². The van der Waals surface area contributed by atoms with E-state index in [9.17, 15) is 0 Å². The molecule has 3 nitrogen and oxygen atoms in total. The average Bonchev–Trinajstić information content (AvgIpc) is 3.35. The Morgan fingerprint density at radius 3 is 2.06 bits per heavy atom. The maximum atomic E-state index is 5.95. The Labute approximate surface area is 204 Å². The zero-order valence-electron chi connectivity index (χ0n) is 18.6. The Bertz CT molecular complexity index is 1480. The van der Waals surface area contributed by atoms with Gasteiger partial charge in [-0.05, 0) is 66.7 Å². The van der Waals surface area contributed by atoms with Crippen LogP contribution in [0.25, 0.3) is 28.2 Å². The summed E-state index contributed by atoms with van der Waals surface area (Å²) in [6.45, 7) is 0. The lowest BCUT2D eigenvalue weighted by molar-refractivity contribution is 0.415. The number of methoxy groups -OCH3 is 1. The number of ether oxygens (including phenoxy) is 1. The first kappa shape index (κ1) is 21.6. The van der Waals surface area contributed by atoms with E-state index < -0.39 is 0 Å². The van der Waals surface area contributed by atoms with Crippen molar-refractivity contribution in [2.24, 2.45) is 0 Å². The van der Waals surface area contributed by atoms with Crippen LogP contribution >= 0.6 is 11.6 Å². The van der Waals surface area contributed by atoms with Gasteiger partial charge in [-0.2, -0.15) is 5.10 Å². The van der Waals surface area contributed by atoms with Gasteiger partial charge in [0.1, 0.15) is 5.75 Å². The van der Waals surface area contributed by atoms with Gasteiger partial charge in [0.2, 0.25) is 0 Å². The molecule has 0 radical (unpaired) electrons. The molecule has 5 rings (SSSR count). The second kappa shape index (κ2) is 9.70. The SMILES string of the molecule is COc1cccc(-c2cc(-c3ccc(C#Cc4ccc(Cl)cc4)cc3)nn2-c2ccccc2)c1. The van der Waals surface area contributed by atoms with Crippen molar-refractivity contribution in [2.45, 2.75) is 0 Å². The number of benzene rings is 4. The van der Waals surface area contributed by atoms with E-state index in [0.29, 0.717) is 5.02 Å². The first-order valence-corrected chi connectivity index (χ1v) is 11.3. The molecule has 0 N–H and O–H groups in total. The van der Waals surface area contributed by atoms with Crippen molar-refractivity contribution in [3.05, 3.63) is 125 Å². The summed E-state index contributed by atoms with van der Waals surface area (Å²) in [4.78, 5) is 0. The summed E-state index contributed by atoms with van der Waals surface area (Å²) in [7, 11) is 1.68. The number of hydrogen-bond donors (Lipinski definition) is 0. The summed E-state index contributed by atoms with van der Waals surface area (Å²) in [5, 5.41) is 5.65. The molecule has 4 heteroatoms. The first-order valence-electron chi connectivity index (χ1n) is 10.9. The molecule has 34 heavy (non-hydrogen) atoms. The third kappa shape index (κ3) is 4.73. The minimum absolute atomic E-state index is 0.707. The zero-order chi connectivity index (χ0) is 23.3. The highest BCUT2D eigenvalue weighted by molar-refractivity contribution is 6.30. The van der Waals surface area contributed by atoms with Gasteiger partial charge in [-0.1, -0.05) is 65.9 Å². The number of halogens is 1. The van der Waals surface area contributed by atoms with Crippen LogP contribution in [0.1, 0.15) is 11.1 Å². The lowest BCUT2D eigenvalue weighted by atomic mass is 10.1. The van der Waals surface area contributed by atoms with Gasteiger partial charge in [0.15, 0.2) is 0 Å². The Kier molecular flexibility index (Phi) is 6.16. The van der Waals surface area contributed by atoms with E-state index in [0.717, 1.165) is 45.1 Å². The Hall–Kier alpha value is -4.26. The van der Waals surface area contributed by atoms with Gasteiger partial charge < -0.3 is 4.74 Å². The molecule has 0 aliphatic rings. The molecular formula is C30H21ClN2O. The molecule has 0 bridgehead atoms. The van der Waals surface area contributed by atoms with Crippen molar-refractivity contribution in [2.75, 3.05) is 7.11 Å². The average molecular weight is 461 g/mol. The Morgan fingerprint density at radius 1 is 0.706 bits per heavy atom. The van der Waals surface area contributed by atoms with E-state index >= 15 is 0 Å². The maximum absolute atomic E-state index is 5.95. The summed E-state index contributed by atoms with van der Waals surface area (Å²) in [6, 6.07) is 35.9. The van der Waals surface area contributed by atoms with Crippen LogP contribution in [0.4, 0.5) is 0 Å². The molecule has 0 fully saturated rings. The smallest absolute Gasteiger partial charge is 0.119 e. The quantitative estimate of drug-likeness (QED) is 0.264. The summed E-state index contributed by atoms with van der Waals surface area (Å²) >= 11 is 5.95. The van der Waals surface area contributed by atoms with Crippen molar-refractivity contribution in [1.29, 1.82) is 0 Å². The van der Waals surface area contributed by atoms with Crippen molar-refractivity contribution in [3.63, 3.8) is 0 Å². The van der Waals surface area contributed by atoms with E-state index in [1.54, 1.807) is 7.11 Å². The van der Waals surface area contributed by atoms with Gasteiger partial charge in [0.25, 0.3) is 0 Å². The summed E-state index contributed by atoms with van der Waals surface area (Å²) in [5.74, 6) is 7.19. The van der Waals surface area contributed by atoms with Crippen molar-refractivity contribution < 1.29 is 4.74 Å². The number of hydrogen-bond acceptors (Lipinski definition) is 2. The standard InChI is InChI=1S/C30H21ClN2O/c1-34-28-9-5-6-25(20-28)30-21-29(32-33(30)27-7-3-2-4-8-27)24-16-12-22(13-17-24)10-11-23-14-18-26(31)19-15-23/h2-9,12-21H,1H3. The van der Waals surface area contributed by atoms with E-state index in [1.807, 2.05) is 77.5 Å². The fraction of sp³-hybridized carbons (Fsp3) is 0.0333. The molecule has 1 aromatic heterocycles. The predicted molar refractivity (Wildman–Crippen MR) is 138 cm³/mol. The predicted octanol–water partition coefficient (Wildman–Crippen LogP) is 7.27. The van der Waals surface area contributed by atoms with Gasteiger partial charge in [-0.3, -0.25) is 0 Å². The van der Waals surface area contributed by atoms with Crippen LogP contribution in [0.15, 0.2) is 109 Å². The normalized spacial score (nSPS) is 10.4. The van der Waals surface area contributed by atoms with Crippen molar-refractivity contribution in [3.8, 4) is 45.8 Å². The largest absolute Gasteiger partial charge is 0.497 e. The number of aromatic nitrogens is 2. The summed E-state index contributed by atoms with van der Waals surface area (Å²) in [6.07, 6.45) is 0. The molecule has 0 unspecified atom stereocenters. The fourth-order valence-electron chi connectivity index (χ4n) is 3.68. The third-order valence-corrected chi connectivity index (χ3v) is 5.70. The fourth-order valence-corrected chi connectivity index (χ4v) is 3.80. The van der Waals surface area contributed by atoms with E-state index in [-0.39, 0.29) is 0 Å². The number of para-hydroxylation sites is 1. The lowest BCUT2D eigenvalue weighted by Gasteiger charge is -2.08. The van der Waals surface area contributed by atoms with Gasteiger partial charge in [-0.25, -0.2) is 4.68 Å². The van der Waals surface area contributed by atoms with E-state index in [1.165, 1.54) is 0 Å². The molecule has 0 spiro atoms. The van der Waals surface area contributed by atoms with Crippen LogP contribution in [-0.2, 0) is 0 Å². The van der Waals surface area contributed by atoms with Crippen LogP contribution in [0, 0.1) is 11.8 Å². The summed E-state index contributed by atoms with van der Waals surface area (Å²) in [5.41, 5.74) is 6.80. The molecule has 4 aromatic carbocycles.